The number of nitrogens with two attached hydrogens (primary N) is 1. The van der Waals surface area contributed by atoms with Crippen molar-refractivity contribution in [3.8, 4) is 11.5 Å². The van der Waals surface area contributed by atoms with Crippen LogP contribution in [0.5, 0.6) is 11.5 Å². The minimum Gasteiger partial charge on any atom is -0.455 e. The van der Waals surface area contributed by atoms with Crippen LogP contribution < -0.4 is 10.5 Å². The number of halogens is 4. The Balaban J connectivity index is 2.47. The molecule has 0 saturated heterocycles. The van der Waals surface area contributed by atoms with E-state index in [2.05, 4.69) is 15.9 Å². The number of hydrogen-bond acceptors (Lipinski definition) is 2. The zero-order chi connectivity index (χ0) is 14.9. The summed E-state index contributed by atoms with van der Waals surface area (Å²) in [6, 6.07) is 8.37. The molecule has 20 heavy (non-hydrogen) atoms. The SMILES string of the molecule is NC(=S)c1ccc(Br)cc1Oc1cc(Cl)c(Cl)cc1Cl. The highest BCUT2D eigenvalue weighted by atomic mass is 79.9. The molecule has 0 heterocycles. The number of benzene rings is 2. The van der Waals surface area contributed by atoms with Crippen LogP contribution in [0.4, 0.5) is 0 Å². The molecule has 0 amide bonds. The second kappa shape index (κ2) is 6.50. The van der Waals surface area contributed by atoms with E-state index in [0.29, 0.717) is 32.1 Å². The lowest BCUT2D eigenvalue weighted by Gasteiger charge is -2.12. The van der Waals surface area contributed by atoms with E-state index in [1.54, 1.807) is 12.1 Å². The van der Waals surface area contributed by atoms with E-state index in [1.807, 2.05) is 6.07 Å². The van der Waals surface area contributed by atoms with Crippen molar-refractivity contribution < 1.29 is 4.74 Å². The summed E-state index contributed by atoms with van der Waals surface area (Å²) in [5, 5.41) is 1.04. The third-order valence-corrected chi connectivity index (χ3v) is 4.13. The number of thiocarbonyl (C=S) groups is 1. The first kappa shape index (κ1) is 15.9. The molecule has 2 nitrogen and oxygen atoms in total. The van der Waals surface area contributed by atoms with Crippen molar-refractivity contribution in [2.45, 2.75) is 0 Å². The standard InChI is InChI=1S/C13H7BrCl3NOS/c14-6-1-2-7(13(18)20)11(3-6)19-12-5-9(16)8(15)4-10(12)17/h1-5H,(H2,18,20). The smallest absolute Gasteiger partial charge is 0.147 e. The van der Waals surface area contributed by atoms with Gasteiger partial charge in [-0.25, -0.2) is 0 Å². The van der Waals surface area contributed by atoms with Crippen molar-refractivity contribution in [2.24, 2.45) is 5.73 Å². The highest BCUT2D eigenvalue weighted by Gasteiger charge is 2.12. The maximum atomic E-state index is 6.08. The highest BCUT2D eigenvalue weighted by molar-refractivity contribution is 9.10. The molecule has 0 aromatic heterocycles. The molecule has 0 unspecified atom stereocenters. The van der Waals surface area contributed by atoms with E-state index in [4.69, 9.17) is 57.5 Å². The van der Waals surface area contributed by atoms with Gasteiger partial charge in [0.25, 0.3) is 0 Å². The van der Waals surface area contributed by atoms with Gasteiger partial charge in [-0.3, -0.25) is 0 Å². The lowest BCUT2D eigenvalue weighted by Crippen LogP contribution is -2.10. The van der Waals surface area contributed by atoms with E-state index in [9.17, 15) is 0 Å². The van der Waals surface area contributed by atoms with Gasteiger partial charge in [0, 0.05) is 10.5 Å². The second-order valence-electron chi connectivity index (χ2n) is 3.80. The summed E-state index contributed by atoms with van der Waals surface area (Å²) in [7, 11) is 0. The third-order valence-electron chi connectivity index (χ3n) is 2.40. The minimum absolute atomic E-state index is 0.226. The lowest BCUT2D eigenvalue weighted by atomic mass is 10.2. The molecule has 0 saturated carbocycles. The Hall–Kier alpha value is -0.520. The van der Waals surface area contributed by atoms with Crippen LogP contribution in [0.2, 0.25) is 15.1 Å². The van der Waals surface area contributed by atoms with E-state index in [1.165, 1.54) is 12.1 Å². The summed E-state index contributed by atoms with van der Waals surface area (Å²) in [6.07, 6.45) is 0. The van der Waals surface area contributed by atoms with E-state index >= 15 is 0 Å². The molecule has 2 aromatic carbocycles. The quantitative estimate of drug-likeness (QED) is 0.509. The molecular formula is C13H7BrCl3NOS. The van der Waals surface area contributed by atoms with E-state index < -0.39 is 0 Å². The lowest BCUT2D eigenvalue weighted by molar-refractivity contribution is 0.481. The third kappa shape index (κ3) is 3.57. The molecular weight excluding hydrogens is 404 g/mol. The molecule has 104 valence electrons. The largest absolute Gasteiger partial charge is 0.455 e. The molecule has 0 aliphatic rings. The highest BCUT2D eigenvalue weighted by Crippen LogP contribution is 2.37. The summed E-state index contributed by atoms with van der Waals surface area (Å²) in [6.45, 7) is 0. The van der Waals surface area contributed by atoms with Gasteiger partial charge in [0.2, 0.25) is 0 Å². The van der Waals surface area contributed by atoms with Gasteiger partial charge in [-0.2, -0.15) is 0 Å². The molecule has 0 fully saturated rings. The fourth-order valence-electron chi connectivity index (χ4n) is 1.49. The first-order valence-electron chi connectivity index (χ1n) is 5.30. The van der Waals surface area contributed by atoms with Crippen LogP contribution >= 0.6 is 63.0 Å². The molecule has 7 heteroatoms. The van der Waals surface area contributed by atoms with Gasteiger partial charge in [-0.1, -0.05) is 63.0 Å². The van der Waals surface area contributed by atoms with Crippen molar-refractivity contribution in [1.29, 1.82) is 0 Å². The average Bonchev–Trinajstić information content (AvgIpc) is 2.35. The minimum atomic E-state index is 0.226. The van der Waals surface area contributed by atoms with Crippen LogP contribution in [-0.2, 0) is 0 Å². The Morgan fingerprint density at radius 2 is 1.65 bits per heavy atom. The van der Waals surface area contributed by atoms with Crippen molar-refractivity contribution in [3.63, 3.8) is 0 Å². The topological polar surface area (TPSA) is 35.2 Å². The Labute approximate surface area is 144 Å². The predicted molar refractivity (Wildman–Crippen MR) is 91.6 cm³/mol. The molecule has 0 spiro atoms. The summed E-state index contributed by atoms with van der Waals surface area (Å²) >= 11 is 26.3. The summed E-state index contributed by atoms with van der Waals surface area (Å²) < 4.78 is 6.57. The van der Waals surface area contributed by atoms with Gasteiger partial charge in [-0.15, -0.1) is 0 Å². The molecule has 2 aromatic rings. The van der Waals surface area contributed by atoms with Crippen LogP contribution in [0.15, 0.2) is 34.8 Å². The number of rotatable bonds is 3. The Bertz CT molecular complexity index is 694. The summed E-state index contributed by atoms with van der Waals surface area (Å²) in [5.41, 5.74) is 6.27. The first-order chi connectivity index (χ1) is 9.38. The molecule has 2 N–H and O–H groups in total. The number of ether oxygens (including phenoxy) is 1. The van der Waals surface area contributed by atoms with Crippen LogP contribution in [0, 0.1) is 0 Å². The Morgan fingerprint density at radius 1 is 1.00 bits per heavy atom. The monoisotopic (exact) mass is 409 g/mol. The average molecular weight is 412 g/mol. The molecule has 2 rings (SSSR count). The van der Waals surface area contributed by atoms with Crippen molar-refractivity contribution in [2.75, 3.05) is 0 Å². The fraction of sp³-hybridized carbons (Fsp3) is 0. The van der Waals surface area contributed by atoms with Gasteiger partial charge >= 0.3 is 0 Å². The van der Waals surface area contributed by atoms with E-state index in [0.717, 1.165) is 4.47 Å². The van der Waals surface area contributed by atoms with Crippen LogP contribution in [0.3, 0.4) is 0 Å². The van der Waals surface area contributed by atoms with E-state index in [-0.39, 0.29) is 4.99 Å². The summed E-state index contributed by atoms with van der Waals surface area (Å²) in [5.74, 6) is 0.851. The molecule has 0 atom stereocenters. The Morgan fingerprint density at radius 3 is 2.30 bits per heavy atom. The maximum absolute atomic E-state index is 6.08. The molecule has 0 aliphatic heterocycles. The van der Waals surface area contributed by atoms with Crippen molar-refractivity contribution >= 4 is 67.9 Å². The van der Waals surface area contributed by atoms with Gasteiger partial charge in [0.05, 0.1) is 20.6 Å². The van der Waals surface area contributed by atoms with Crippen molar-refractivity contribution in [3.05, 3.63) is 55.4 Å². The second-order valence-corrected chi connectivity index (χ2v) is 6.38. The van der Waals surface area contributed by atoms with Gasteiger partial charge in [-0.05, 0) is 24.3 Å². The van der Waals surface area contributed by atoms with Crippen LogP contribution in [0.25, 0.3) is 0 Å². The first-order valence-corrected chi connectivity index (χ1v) is 7.63. The Kier molecular flexibility index (Phi) is 5.15. The van der Waals surface area contributed by atoms with Gasteiger partial charge < -0.3 is 10.5 Å². The maximum Gasteiger partial charge on any atom is 0.147 e. The zero-order valence-corrected chi connectivity index (χ0v) is 14.5. The number of hydrogen-bond donors (Lipinski definition) is 1. The molecule has 0 radical (unpaired) electrons. The normalized spacial score (nSPS) is 10.4. The fourth-order valence-corrected chi connectivity index (χ4v) is 2.57. The van der Waals surface area contributed by atoms with Gasteiger partial charge in [0.1, 0.15) is 16.5 Å². The molecule has 0 aliphatic carbocycles. The van der Waals surface area contributed by atoms with Gasteiger partial charge in [0.15, 0.2) is 0 Å². The predicted octanol–water partition coefficient (Wildman–Crippen LogP) is 5.84. The van der Waals surface area contributed by atoms with Crippen LogP contribution in [-0.4, -0.2) is 4.99 Å². The zero-order valence-electron chi connectivity index (χ0n) is 9.79. The van der Waals surface area contributed by atoms with Crippen molar-refractivity contribution in [1.82, 2.24) is 0 Å². The molecule has 0 bridgehead atoms. The summed E-state index contributed by atoms with van der Waals surface area (Å²) in [4.78, 5) is 0.226. The van der Waals surface area contributed by atoms with Crippen LogP contribution in [0.1, 0.15) is 5.56 Å².